The van der Waals surface area contributed by atoms with Crippen LogP contribution in [-0.2, 0) is 5.60 Å². The molecule has 3 nitrogen and oxygen atoms in total. The molecule has 0 aliphatic heterocycles. The van der Waals surface area contributed by atoms with E-state index < -0.39 is 23.7 Å². The lowest BCUT2D eigenvalue weighted by Crippen LogP contribution is -2.36. The van der Waals surface area contributed by atoms with Crippen LogP contribution in [0.2, 0.25) is 0 Å². The van der Waals surface area contributed by atoms with Gasteiger partial charge in [-0.05, 0) is 37.1 Å². The Hall–Kier alpha value is -1.08. The summed E-state index contributed by atoms with van der Waals surface area (Å²) in [5.74, 6) is -2.57. The summed E-state index contributed by atoms with van der Waals surface area (Å²) in [6, 6.07) is 1.37. The van der Waals surface area contributed by atoms with Gasteiger partial charge >= 0.3 is 12.1 Å². The van der Waals surface area contributed by atoms with E-state index in [1.54, 1.807) is 0 Å². The summed E-state index contributed by atoms with van der Waals surface area (Å²) in [6.45, 7) is 0. The van der Waals surface area contributed by atoms with Crippen molar-refractivity contribution >= 4 is 17.3 Å². The van der Waals surface area contributed by atoms with Crippen molar-refractivity contribution in [2.75, 3.05) is 0 Å². The molecule has 0 radical (unpaired) electrons. The molecule has 106 valence electrons. The Morgan fingerprint density at radius 2 is 1.95 bits per heavy atom. The van der Waals surface area contributed by atoms with E-state index in [1.807, 2.05) is 0 Å². The summed E-state index contributed by atoms with van der Waals surface area (Å²) in [5.41, 5.74) is -1.46. The van der Waals surface area contributed by atoms with Crippen molar-refractivity contribution in [3.8, 4) is 0 Å². The molecule has 1 heterocycles. The largest absolute Gasteiger partial charge is 0.478 e. The van der Waals surface area contributed by atoms with Gasteiger partial charge in [-0.2, -0.15) is 13.2 Å². The second kappa shape index (κ2) is 4.79. The Morgan fingerprint density at radius 3 is 2.42 bits per heavy atom. The molecule has 1 aliphatic rings. The van der Waals surface area contributed by atoms with Gasteiger partial charge in [-0.3, -0.25) is 0 Å². The number of rotatable bonds is 2. The molecule has 0 spiro atoms. The summed E-state index contributed by atoms with van der Waals surface area (Å²) in [4.78, 5) is 11.3. The van der Waals surface area contributed by atoms with Crippen LogP contribution in [0.4, 0.5) is 13.2 Å². The van der Waals surface area contributed by atoms with Crippen LogP contribution in [0, 0.1) is 5.92 Å². The third-order valence-electron chi connectivity index (χ3n) is 3.59. The van der Waals surface area contributed by atoms with Crippen LogP contribution in [0.1, 0.15) is 40.9 Å². The van der Waals surface area contributed by atoms with E-state index in [4.69, 9.17) is 5.11 Å². The van der Waals surface area contributed by atoms with Crippen LogP contribution in [-0.4, -0.2) is 22.4 Å². The van der Waals surface area contributed by atoms with Crippen LogP contribution in [0.25, 0.3) is 0 Å². The Bertz CT molecular complexity index is 473. The van der Waals surface area contributed by atoms with Crippen molar-refractivity contribution in [1.82, 2.24) is 0 Å². The lowest BCUT2D eigenvalue weighted by molar-refractivity contribution is -0.192. The minimum Gasteiger partial charge on any atom is -0.478 e. The zero-order valence-electron chi connectivity index (χ0n) is 9.91. The maximum Gasteiger partial charge on any atom is 0.391 e. The quantitative estimate of drug-likeness (QED) is 0.879. The van der Waals surface area contributed by atoms with Crippen LogP contribution < -0.4 is 0 Å². The summed E-state index contributed by atoms with van der Waals surface area (Å²) in [7, 11) is 0. The second-order valence-corrected chi connectivity index (χ2v) is 5.73. The van der Waals surface area contributed by atoms with Gasteiger partial charge in [0.1, 0.15) is 0 Å². The normalized spacial score (nSPS) is 28.3. The van der Waals surface area contributed by atoms with E-state index in [9.17, 15) is 23.1 Å². The standard InChI is InChI=1S/C12H13F3O3S/c13-12(14,15)7-1-4-11(18,5-2-7)9-8(10(16)17)3-6-19-9/h3,6-7,18H,1-2,4-5H2,(H,16,17). The fraction of sp³-hybridized carbons (Fsp3) is 0.583. The maximum absolute atomic E-state index is 12.6. The highest BCUT2D eigenvalue weighted by molar-refractivity contribution is 7.10. The predicted molar refractivity (Wildman–Crippen MR) is 63.2 cm³/mol. The minimum absolute atomic E-state index is 0.0158. The van der Waals surface area contributed by atoms with Crippen molar-refractivity contribution in [2.24, 2.45) is 5.92 Å². The molecule has 2 rings (SSSR count). The molecule has 1 saturated carbocycles. The van der Waals surface area contributed by atoms with Crippen molar-refractivity contribution in [3.63, 3.8) is 0 Å². The average molecular weight is 294 g/mol. The van der Waals surface area contributed by atoms with Gasteiger partial charge in [0, 0.05) is 0 Å². The highest BCUT2D eigenvalue weighted by Crippen LogP contribution is 2.47. The lowest BCUT2D eigenvalue weighted by atomic mass is 9.77. The first-order valence-electron chi connectivity index (χ1n) is 5.84. The maximum atomic E-state index is 12.6. The van der Waals surface area contributed by atoms with E-state index in [0.29, 0.717) is 0 Å². The van der Waals surface area contributed by atoms with Gasteiger partial charge in [-0.1, -0.05) is 0 Å². The topological polar surface area (TPSA) is 57.5 Å². The number of halogens is 3. The van der Waals surface area contributed by atoms with E-state index in [0.717, 1.165) is 11.3 Å². The monoisotopic (exact) mass is 294 g/mol. The number of carboxylic acid groups (broad SMARTS) is 1. The summed E-state index contributed by atoms with van der Waals surface area (Å²) in [5, 5.41) is 21.0. The van der Waals surface area contributed by atoms with E-state index in [1.165, 1.54) is 11.4 Å². The first-order chi connectivity index (χ1) is 8.74. The van der Waals surface area contributed by atoms with Crippen molar-refractivity contribution in [3.05, 3.63) is 21.9 Å². The van der Waals surface area contributed by atoms with Crippen LogP contribution in [0.15, 0.2) is 11.4 Å². The Balaban J connectivity index is 2.18. The molecule has 19 heavy (non-hydrogen) atoms. The van der Waals surface area contributed by atoms with Crippen molar-refractivity contribution < 1.29 is 28.2 Å². The molecular formula is C12H13F3O3S. The van der Waals surface area contributed by atoms with Gasteiger partial charge in [0.05, 0.1) is 22.0 Å². The first kappa shape index (κ1) is 14.3. The number of carboxylic acids is 1. The zero-order valence-corrected chi connectivity index (χ0v) is 10.7. The Labute approximate surface area is 111 Å². The van der Waals surface area contributed by atoms with Gasteiger partial charge in [0.2, 0.25) is 0 Å². The lowest BCUT2D eigenvalue weighted by Gasteiger charge is -2.36. The number of thiophene rings is 1. The smallest absolute Gasteiger partial charge is 0.391 e. The molecule has 0 unspecified atom stereocenters. The third kappa shape index (κ3) is 2.76. The Morgan fingerprint density at radius 1 is 1.37 bits per heavy atom. The third-order valence-corrected chi connectivity index (χ3v) is 4.70. The number of alkyl halides is 3. The fourth-order valence-electron chi connectivity index (χ4n) is 2.49. The fourth-order valence-corrected chi connectivity index (χ4v) is 3.53. The zero-order chi connectivity index (χ0) is 14.3. The number of carbonyl (C=O) groups is 1. The van der Waals surface area contributed by atoms with E-state index in [-0.39, 0.29) is 36.1 Å². The number of hydrogen-bond acceptors (Lipinski definition) is 3. The molecule has 7 heteroatoms. The SMILES string of the molecule is O=C(O)c1ccsc1C1(O)CCC(C(F)(F)F)CC1. The van der Waals surface area contributed by atoms with Gasteiger partial charge in [0.15, 0.2) is 0 Å². The molecule has 0 amide bonds. The highest BCUT2D eigenvalue weighted by atomic mass is 32.1. The first-order valence-corrected chi connectivity index (χ1v) is 6.72. The number of aliphatic hydroxyl groups is 1. The molecule has 0 aromatic carbocycles. The van der Waals surface area contributed by atoms with Crippen LogP contribution >= 0.6 is 11.3 Å². The molecular weight excluding hydrogens is 281 g/mol. The van der Waals surface area contributed by atoms with Gasteiger partial charge in [0.25, 0.3) is 0 Å². The summed E-state index contributed by atoms with van der Waals surface area (Å²) < 4.78 is 37.7. The summed E-state index contributed by atoms with van der Waals surface area (Å²) >= 11 is 1.08. The summed E-state index contributed by atoms with van der Waals surface area (Å²) in [6.07, 6.45) is -4.70. The highest BCUT2D eigenvalue weighted by Gasteiger charge is 2.47. The molecule has 1 fully saturated rings. The molecule has 2 N–H and O–H groups in total. The minimum atomic E-state index is -4.24. The molecule has 1 aromatic rings. The molecule has 1 aliphatic carbocycles. The Kier molecular flexibility index (Phi) is 3.61. The van der Waals surface area contributed by atoms with Crippen LogP contribution in [0.5, 0.6) is 0 Å². The van der Waals surface area contributed by atoms with Gasteiger partial charge in [-0.15, -0.1) is 11.3 Å². The molecule has 0 bridgehead atoms. The second-order valence-electron chi connectivity index (χ2n) is 4.82. The van der Waals surface area contributed by atoms with E-state index >= 15 is 0 Å². The predicted octanol–water partition coefficient (Wildman–Crippen LogP) is 3.39. The molecule has 1 aromatic heterocycles. The average Bonchev–Trinajstić information content (AvgIpc) is 2.77. The molecule has 0 saturated heterocycles. The molecule has 0 atom stereocenters. The van der Waals surface area contributed by atoms with Crippen molar-refractivity contribution in [2.45, 2.75) is 37.5 Å². The van der Waals surface area contributed by atoms with Gasteiger partial charge in [-0.25, -0.2) is 4.79 Å². The van der Waals surface area contributed by atoms with E-state index in [2.05, 4.69) is 0 Å². The van der Waals surface area contributed by atoms with Crippen LogP contribution in [0.3, 0.4) is 0 Å². The number of hydrogen-bond donors (Lipinski definition) is 2. The van der Waals surface area contributed by atoms with Crippen molar-refractivity contribution in [1.29, 1.82) is 0 Å². The number of aromatic carboxylic acids is 1. The van der Waals surface area contributed by atoms with Gasteiger partial charge < -0.3 is 10.2 Å².